The van der Waals surface area contributed by atoms with Gasteiger partial charge in [0, 0.05) is 35.1 Å². The molecule has 136 valence electrons. The summed E-state index contributed by atoms with van der Waals surface area (Å²) in [5, 5.41) is 11.1. The second kappa shape index (κ2) is 9.20. The van der Waals surface area contributed by atoms with Crippen LogP contribution in [-0.2, 0) is 26.1 Å². The minimum Gasteiger partial charge on any atom is -0.352 e. The quantitative estimate of drug-likeness (QED) is 0.497. The second-order valence-electron chi connectivity index (χ2n) is 6.03. The summed E-state index contributed by atoms with van der Waals surface area (Å²) in [4.78, 5) is 7.02. The third kappa shape index (κ3) is 5.20. The number of aryl methyl sites for hydroxylation is 1. The lowest BCUT2D eigenvalue weighted by molar-refractivity contribution is 0.685. The van der Waals surface area contributed by atoms with Crippen molar-refractivity contribution in [2.45, 2.75) is 33.0 Å². The predicted octanol–water partition coefficient (Wildman–Crippen LogP) is 3.42. The van der Waals surface area contributed by atoms with E-state index in [4.69, 9.17) is 0 Å². The highest BCUT2D eigenvalue weighted by molar-refractivity contribution is 7.11. The Labute approximate surface area is 158 Å². The van der Waals surface area contributed by atoms with Crippen molar-refractivity contribution in [3.8, 4) is 0 Å². The largest absolute Gasteiger partial charge is 0.352 e. The van der Waals surface area contributed by atoms with E-state index in [0.717, 1.165) is 31.0 Å². The van der Waals surface area contributed by atoms with Gasteiger partial charge in [0.2, 0.25) is 0 Å². The van der Waals surface area contributed by atoms with E-state index < -0.39 is 0 Å². The van der Waals surface area contributed by atoms with Crippen LogP contribution in [0.3, 0.4) is 0 Å². The summed E-state index contributed by atoms with van der Waals surface area (Å²) in [5.74, 6) is 0.798. The molecule has 5 nitrogen and oxygen atoms in total. The van der Waals surface area contributed by atoms with Crippen LogP contribution >= 0.6 is 11.3 Å². The van der Waals surface area contributed by atoms with Crippen LogP contribution in [0.5, 0.6) is 0 Å². The van der Waals surface area contributed by atoms with Crippen molar-refractivity contribution in [3.63, 3.8) is 0 Å². The summed E-state index contributed by atoms with van der Waals surface area (Å²) in [7, 11) is 1.79. The van der Waals surface area contributed by atoms with Crippen LogP contribution < -0.4 is 10.6 Å². The topological polar surface area (TPSA) is 54.2 Å². The lowest BCUT2D eigenvalue weighted by Crippen LogP contribution is -2.36. The minimum absolute atomic E-state index is 0.694. The van der Waals surface area contributed by atoms with Gasteiger partial charge in [-0.2, -0.15) is 5.10 Å². The highest BCUT2D eigenvalue weighted by Gasteiger charge is 2.04. The first-order chi connectivity index (χ1) is 12.8. The van der Waals surface area contributed by atoms with Gasteiger partial charge in [0.1, 0.15) is 0 Å². The minimum atomic E-state index is 0.694. The zero-order valence-corrected chi connectivity index (χ0v) is 16.1. The molecule has 0 aliphatic heterocycles. The number of aliphatic imine (C=N–C) groups is 1. The van der Waals surface area contributed by atoms with Crippen LogP contribution in [0.25, 0.3) is 0 Å². The molecule has 2 N–H and O–H groups in total. The van der Waals surface area contributed by atoms with E-state index in [2.05, 4.69) is 58.1 Å². The van der Waals surface area contributed by atoms with Crippen molar-refractivity contribution in [1.82, 2.24) is 20.4 Å². The highest BCUT2D eigenvalue weighted by Crippen LogP contribution is 2.16. The van der Waals surface area contributed by atoms with Gasteiger partial charge < -0.3 is 10.6 Å². The number of nitrogens with zero attached hydrogens (tertiary/aromatic N) is 3. The first-order valence-corrected chi connectivity index (χ1v) is 9.66. The Morgan fingerprint density at radius 2 is 1.81 bits per heavy atom. The SMILES string of the molecule is CCc1ccc(CNC(=NC)NCc2cnn(Cc3ccccc3)c2)s1. The summed E-state index contributed by atoms with van der Waals surface area (Å²) >= 11 is 1.85. The maximum atomic E-state index is 4.44. The Kier molecular flexibility index (Phi) is 6.44. The van der Waals surface area contributed by atoms with Crippen LogP contribution in [0.15, 0.2) is 59.9 Å². The molecule has 2 heterocycles. The number of guanidine groups is 1. The van der Waals surface area contributed by atoms with Gasteiger partial charge in [-0.15, -0.1) is 11.3 Å². The molecule has 0 saturated carbocycles. The number of hydrogen-bond acceptors (Lipinski definition) is 3. The van der Waals surface area contributed by atoms with Gasteiger partial charge in [-0.1, -0.05) is 37.3 Å². The average molecular weight is 368 g/mol. The third-order valence-corrected chi connectivity index (χ3v) is 5.28. The van der Waals surface area contributed by atoms with Gasteiger partial charge >= 0.3 is 0 Å². The van der Waals surface area contributed by atoms with E-state index >= 15 is 0 Å². The van der Waals surface area contributed by atoms with Crippen LogP contribution in [0.1, 0.15) is 27.8 Å². The molecule has 0 saturated heterocycles. The molecule has 2 aromatic heterocycles. The molecule has 3 aromatic rings. The van der Waals surface area contributed by atoms with E-state index in [9.17, 15) is 0 Å². The van der Waals surface area contributed by atoms with Gasteiger partial charge in [-0.25, -0.2) is 0 Å². The van der Waals surface area contributed by atoms with Crippen LogP contribution in [0.4, 0.5) is 0 Å². The number of benzene rings is 1. The fourth-order valence-electron chi connectivity index (χ4n) is 2.64. The Balaban J connectivity index is 1.48. The molecule has 0 aliphatic rings. The number of nitrogens with one attached hydrogen (secondary N) is 2. The zero-order valence-electron chi connectivity index (χ0n) is 15.3. The lowest BCUT2D eigenvalue weighted by atomic mass is 10.2. The van der Waals surface area contributed by atoms with Gasteiger partial charge in [0.25, 0.3) is 0 Å². The summed E-state index contributed by atoms with van der Waals surface area (Å²) in [6, 6.07) is 14.7. The second-order valence-corrected chi connectivity index (χ2v) is 7.29. The molecule has 0 bridgehead atoms. The molecule has 3 rings (SSSR count). The van der Waals surface area contributed by atoms with Crippen molar-refractivity contribution in [1.29, 1.82) is 0 Å². The Morgan fingerprint density at radius 1 is 1.04 bits per heavy atom. The van der Waals surface area contributed by atoms with E-state index in [1.54, 1.807) is 7.05 Å². The number of thiophene rings is 1. The van der Waals surface area contributed by atoms with E-state index in [-0.39, 0.29) is 0 Å². The standard InChI is InChI=1S/C20H25N5S/c1-3-18-9-10-19(26-18)13-23-20(21-2)22-11-17-12-24-25(15-17)14-16-7-5-4-6-8-16/h4-10,12,15H,3,11,13-14H2,1-2H3,(H2,21,22,23). The average Bonchev–Trinajstić information content (AvgIpc) is 3.32. The molecule has 6 heteroatoms. The summed E-state index contributed by atoms with van der Waals surface area (Å²) in [6.07, 6.45) is 5.06. The van der Waals surface area contributed by atoms with Crippen LogP contribution in [-0.4, -0.2) is 22.8 Å². The molecule has 1 aromatic carbocycles. The fraction of sp³-hybridized carbons (Fsp3) is 0.300. The smallest absolute Gasteiger partial charge is 0.191 e. The van der Waals surface area contributed by atoms with Crippen LogP contribution in [0.2, 0.25) is 0 Å². The number of rotatable bonds is 7. The lowest BCUT2D eigenvalue weighted by Gasteiger charge is -2.10. The molecule has 0 fully saturated rings. The number of hydrogen-bond donors (Lipinski definition) is 2. The van der Waals surface area contributed by atoms with Gasteiger partial charge in [-0.3, -0.25) is 9.67 Å². The maximum Gasteiger partial charge on any atom is 0.191 e. The maximum absolute atomic E-state index is 4.44. The van der Waals surface area contributed by atoms with Crippen molar-refractivity contribution in [2.24, 2.45) is 4.99 Å². The van der Waals surface area contributed by atoms with Crippen molar-refractivity contribution in [3.05, 3.63) is 75.7 Å². The van der Waals surface area contributed by atoms with Crippen molar-refractivity contribution in [2.75, 3.05) is 7.05 Å². The first-order valence-electron chi connectivity index (χ1n) is 8.84. The zero-order chi connectivity index (χ0) is 18.2. The van der Waals surface area contributed by atoms with Gasteiger partial charge in [0.05, 0.1) is 19.3 Å². The van der Waals surface area contributed by atoms with Gasteiger partial charge in [-0.05, 0) is 24.1 Å². The summed E-state index contributed by atoms with van der Waals surface area (Å²) < 4.78 is 1.96. The Bertz CT molecular complexity index is 835. The molecular formula is C20H25N5S. The normalized spacial score (nSPS) is 11.5. The summed E-state index contributed by atoms with van der Waals surface area (Å²) in [6.45, 7) is 4.45. The van der Waals surface area contributed by atoms with Crippen LogP contribution in [0, 0.1) is 0 Å². The Morgan fingerprint density at radius 3 is 2.54 bits per heavy atom. The molecule has 0 aliphatic carbocycles. The third-order valence-electron chi connectivity index (χ3n) is 4.05. The molecule has 0 spiro atoms. The van der Waals surface area contributed by atoms with Crippen molar-refractivity contribution >= 4 is 17.3 Å². The molecule has 0 radical (unpaired) electrons. The first kappa shape index (κ1) is 18.2. The summed E-state index contributed by atoms with van der Waals surface area (Å²) in [5.41, 5.74) is 2.38. The fourth-order valence-corrected chi connectivity index (χ4v) is 3.54. The molecule has 26 heavy (non-hydrogen) atoms. The monoisotopic (exact) mass is 367 g/mol. The highest BCUT2D eigenvalue weighted by atomic mass is 32.1. The van der Waals surface area contributed by atoms with Gasteiger partial charge in [0.15, 0.2) is 5.96 Å². The van der Waals surface area contributed by atoms with E-state index in [1.807, 2.05) is 40.4 Å². The van der Waals surface area contributed by atoms with E-state index in [0.29, 0.717) is 6.54 Å². The van der Waals surface area contributed by atoms with E-state index in [1.165, 1.54) is 15.3 Å². The predicted molar refractivity (Wildman–Crippen MR) is 109 cm³/mol. The molecule has 0 unspecified atom stereocenters. The number of aromatic nitrogens is 2. The Hall–Kier alpha value is -2.60. The van der Waals surface area contributed by atoms with Crippen molar-refractivity contribution < 1.29 is 0 Å². The molecule has 0 amide bonds. The molecule has 0 atom stereocenters. The molecular weight excluding hydrogens is 342 g/mol.